The van der Waals surface area contributed by atoms with Gasteiger partial charge in [0.05, 0.1) is 11.4 Å². The van der Waals surface area contributed by atoms with Crippen molar-refractivity contribution in [2.75, 3.05) is 13.1 Å². The molecule has 0 aliphatic carbocycles. The first-order valence-electron chi connectivity index (χ1n) is 4.03. The maximum absolute atomic E-state index is 11.4. The predicted octanol–water partition coefficient (Wildman–Crippen LogP) is 1.85. The number of ketones is 1. The molecule has 3 heteroatoms. The van der Waals surface area contributed by atoms with Crippen molar-refractivity contribution in [3.8, 4) is 0 Å². The summed E-state index contributed by atoms with van der Waals surface area (Å²) in [5.41, 5.74) is 1.09. The number of carbonyl (C=O) groups excluding carboxylic acids is 1. The summed E-state index contributed by atoms with van der Waals surface area (Å²) in [5, 5.41) is 4.97. The SMILES string of the molecule is CCNCC(=O)c1sccc1C. The Balaban J connectivity index is 2.59. The minimum atomic E-state index is 0.198. The molecule has 66 valence electrons. The Hall–Kier alpha value is -0.670. The van der Waals surface area contributed by atoms with E-state index in [0.717, 1.165) is 17.0 Å². The van der Waals surface area contributed by atoms with Crippen molar-refractivity contribution in [2.45, 2.75) is 13.8 Å². The molecule has 0 unspecified atom stereocenters. The average Bonchev–Trinajstić information content (AvgIpc) is 2.47. The van der Waals surface area contributed by atoms with Crippen LogP contribution < -0.4 is 5.32 Å². The lowest BCUT2D eigenvalue weighted by atomic mass is 10.2. The fraction of sp³-hybridized carbons (Fsp3) is 0.444. The zero-order chi connectivity index (χ0) is 8.97. The van der Waals surface area contributed by atoms with Gasteiger partial charge in [-0.25, -0.2) is 0 Å². The third-order valence-corrected chi connectivity index (χ3v) is 2.71. The third-order valence-electron chi connectivity index (χ3n) is 1.65. The van der Waals surface area contributed by atoms with Crippen LogP contribution in [0.5, 0.6) is 0 Å². The number of carbonyl (C=O) groups is 1. The van der Waals surface area contributed by atoms with Gasteiger partial charge in [0.1, 0.15) is 0 Å². The Morgan fingerprint density at radius 3 is 2.92 bits per heavy atom. The average molecular weight is 183 g/mol. The molecule has 12 heavy (non-hydrogen) atoms. The second-order valence-corrected chi connectivity index (χ2v) is 3.55. The molecule has 0 bridgehead atoms. The molecule has 0 amide bonds. The van der Waals surface area contributed by atoms with Gasteiger partial charge < -0.3 is 5.32 Å². The van der Waals surface area contributed by atoms with Crippen LogP contribution in [-0.2, 0) is 0 Å². The lowest BCUT2D eigenvalue weighted by molar-refractivity contribution is 0.0995. The fourth-order valence-electron chi connectivity index (χ4n) is 0.977. The van der Waals surface area contributed by atoms with Crippen LogP contribution in [0.4, 0.5) is 0 Å². The Bertz CT molecular complexity index is 267. The van der Waals surface area contributed by atoms with Crippen molar-refractivity contribution in [3.63, 3.8) is 0 Å². The van der Waals surface area contributed by atoms with E-state index in [-0.39, 0.29) is 5.78 Å². The lowest BCUT2D eigenvalue weighted by Crippen LogP contribution is -2.22. The van der Waals surface area contributed by atoms with Crippen molar-refractivity contribution in [2.24, 2.45) is 0 Å². The number of hydrogen-bond acceptors (Lipinski definition) is 3. The first-order chi connectivity index (χ1) is 5.75. The summed E-state index contributed by atoms with van der Waals surface area (Å²) >= 11 is 1.52. The molecule has 0 fully saturated rings. The number of likely N-dealkylation sites (N-methyl/N-ethyl adjacent to an activating group) is 1. The summed E-state index contributed by atoms with van der Waals surface area (Å²) in [4.78, 5) is 12.3. The van der Waals surface area contributed by atoms with Crippen molar-refractivity contribution in [1.82, 2.24) is 5.32 Å². The number of thiophene rings is 1. The first kappa shape index (κ1) is 9.42. The van der Waals surface area contributed by atoms with Gasteiger partial charge in [-0.15, -0.1) is 11.3 Å². The van der Waals surface area contributed by atoms with Gasteiger partial charge in [0.2, 0.25) is 0 Å². The zero-order valence-electron chi connectivity index (χ0n) is 7.39. The lowest BCUT2D eigenvalue weighted by Gasteiger charge is -1.99. The molecule has 1 aromatic heterocycles. The molecular formula is C9H13NOS. The molecule has 0 spiro atoms. The van der Waals surface area contributed by atoms with Gasteiger partial charge >= 0.3 is 0 Å². The molecular weight excluding hydrogens is 170 g/mol. The van der Waals surface area contributed by atoms with Crippen molar-refractivity contribution >= 4 is 17.1 Å². The van der Waals surface area contributed by atoms with Gasteiger partial charge in [-0.2, -0.15) is 0 Å². The van der Waals surface area contributed by atoms with E-state index in [9.17, 15) is 4.79 Å². The van der Waals surface area contributed by atoms with E-state index in [4.69, 9.17) is 0 Å². The van der Waals surface area contributed by atoms with Crippen LogP contribution in [0, 0.1) is 6.92 Å². The molecule has 1 heterocycles. The van der Waals surface area contributed by atoms with Crippen LogP contribution in [0.2, 0.25) is 0 Å². The summed E-state index contributed by atoms with van der Waals surface area (Å²) in [6.45, 7) is 5.26. The van der Waals surface area contributed by atoms with Gasteiger partial charge in [0.15, 0.2) is 5.78 Å². The Labute approximate surface area is 76.6 Å². The number of Topliss-reactive ketones (excluding diaryl/α,β-unsaturated/α-hetero) is 1. The molecule has 0 saturated carbocycles. The van der Waals surface area contributed by atoms with E-state index in [2.05, 4.69) is 5.32 Å². The standard InChI is InChI=1S/C9H13NOS/c1-3-10-6-8(11)9-7(2)4-5-12-9/h4-5,10H,3,6H2,1-2H3. The van der Waals surface area contributed by atoms with E-state index in [1.165, 1.54) is 11.3 Å². The second-order valence-electron chi connectivity index (χ2n) is 2.64. The van der Waals surface area contributed by atoms with Crippen LogP contribution in [0.1, 0.15) is 22.2 Å². The summed E-state index contributed by atoms with van der Waals surface area (Å²) in [7, 11) is 0. The highest BCUT2D eigenvalue weighted by atomic mass is 32.1. The van der Waals surface area contributed by atoms with Crippen molar-refractivity contribution in [1.29, 1.82) is 0 Å². The van der Waals surface area contributed by atoms with Gasteiger partial charge in [0.25, 0.3) is 0 Å². The second kappa shape index (κ2) is 4.38. The minimum Gasteiger partial charge on any atom is -0.310 e. The first-order valence-corrected chi connectivity index (χ1v) is 4.91. The largest absolute Gasteiger partial charge is 0.310 e. The molecule has 0 aliphatic rings. The van der Waals surface area contributed by atoms with E-state index in [1.807, 2.05) is 25.3 Å². The maximum Gasteiger partial charge on any atom is 0.186 e. The Morgan fingerprint density at radius 1 is 1.67 bits per heavy atom. The van der Waals surface area contributed by atoms with Crippen LogP contribution >= 0.6 is 11.3 Å². The Kier molecular flexibility index (Phi) is 3.44. The van der Waals surface area contributed by atoms with E-state index in [1.54, 1.807) is 0 Å². The fourth-order valence-corrected chi connectivity index (χ4v) is 1.84. The smallest absolute Gasteiger partial charge is 0.186 e. The maximum atomic E-state index is 11.4. The summed E-state index contributed by atoms with van der Waals surface area (Å²) in [6.07, 6.45) is 0. The van der Waals surface area contributed by atoms with Crippen LogP contribution in [-0.4, -0.2) is 18.9 Å². The molecule has 2 nitrogen and oxygen atoms in total. The monoisotopic (exact) mass is 183 g/mol. The van der Waals surface area contributed by atoms with Crippen LogP contribution in [0.3, 0.4) is 0 Å². The summed E-state index contributed by atoms with van der Waals surface area (Å²) in [5.74, 6) is 0.198. The Morgan fingerprint density at radius 2 is 2.42 bits per heavy atom. The molecule has 0 aromatic carbocycles. The molecule has 0 atom stereocenters. The zero-order valence-corrected chi connectivity index (χ0v) is 8.20. The molecule has 1 aromatic rings. The van der Waals surface area contributed by atoms with Gasteiger partial charge in [0, 0.05) is 0 Å². The number of nitrogens with one attached hydrogen (secondary N) is 1. The molecule has 0 aliphatic heterocycles. The van der Waals surface area contributed by atoms with Crippen LogP contribution in [0.25, 0.3) is 0 Å². The minimum absolute atomic E-state index is 0.198. The van der Waals surface area contributed by atoms with E-state index >= 15 is 0 Å². The van der Waals surface area contributed by atoms with E-state index < -0.39 is 0 Å². The highest BCUT2D eigenvalue weighted by molar-refractivity contribution is 7.12. The van der Waals surface area contributed by atoms with E-state index in [0.29, 0.717) is 6.54 Å². The third kappa shape index (κ3) is 2.16. The normalized spacial score (nSPS) is 10.2. The molecule has 1 rings (SSSR count). The molecule has 0 saturated heterocycles. The topological polar surface area (TPSA) is 29.1 Å². The number of aryl methyl sites for hydroxylation is 1. The highest BCUT2D eigenvalue weighted by Crippen LogP contribution is 2.15. The molecule has 0 radical (unpaired) electrons. The number of rotatable bonds is 4. The van der Waals surface area contributed by atoms with Crippen molar-refractivity contribution in [3.05, 3.63) is 21.9 Å². The van der Waals surface area contributed by atoms with Gasteiger partial charge in [-0.3, -0.25) is 4.79 Å². The van der Waals surface area contributed by atoms with Crippen LogP contribution in [0.15, 0.2) is 11.4 Å². The summed E-state index contributed by atoms with van der Waals surface area (Å²) < 4.78 is 0. The molecule has 1 N–H and O–H groups in total. The van der Waals surface area contributed by atoms with Crippen molar-refractivity contribution < 1.29 is 4.79 Å². The van der Waals surface area contributed by atoms with Gasteiger partial charge in [-0.1, -0.05) is 6.92 Å². The quantitative estimate of drug-likeness (QED) is 0.722. The predicted molar refractivity (Wildman–Crippen MR) is 51.9 cm³/mol. The summed E-state index contributed by atoms with van der Waals surface area (Å²) in [6, 6.07) is 1.98. The highest BCUT2D eigenvalue weighted by Gasteiger charge is 2.08. The van der Waals surface area contributed by atoms with Gasteiger partial charge in [-0.05, 0) is 30.5 Å². The number of hydrogen-bond donors (Lipinski definition) is 1.